The van der Waals surface area contributed by atoms with E-state index in [1.807, 2.05) is 37.3 Å². The molecule has 0 spiro atoms. The van der Waals surface area contributed by atoms with Gasteiger partial charge in [0.15, 0.2) is 6.10 Å². The minimum atomic E-state index is -0.612. The summed E-state index contributed by atoms with van der Waals surface area (Å²) in [6.07, 6.45) is 0.660. The minimum Gasteiger partial charge on any atom is -0.481 e. The van der Waals surface area contributed by atoms with E-state index in [-0.39, 0.29) is 11.8 Å². The van der Waals surface area contributed by atoms with Crippen molar-refractivity contribution in [3.8, 4) is 5.75 Å². The Morgan fingerprint density at radius 1 is 1.07 bits per heavy atom. The van der Waals surface area contributed by atoms with Gasteiger partial charge >= 0.3 is 0 Å². The second-order valence-electron chi connectivity index (χ2n) is 6.00. The maximum atomic E-state index is 12.5. The molecule has 0 bridgehead atoms. The van der Waals surface area contributed by atoms with Crippen molar-refractivity contribution in [2.24, 2.45) is 0 Å². The number of amides is 2. The van der Waals surface area contributed by atoms with Gasteiger partial charge < -0.3 is 20.1 Å². The number of carbonyl (C=O) groups is 2. The third-order valence-corrected chi connectivity index (χ3v) is 3.89. The third kappa shape index (κ3) is 6.75. The van der Waals surface area contributed by atoms with Crippen LogP contribution >= 0.6 is 0 Å². The predicted molar refractivity (Wildman–Crippen MR) is 105 cm³/mol. The standard InChI is InChI=1S/C21H26N2O4/c1-3-19(27-18-11-5-4-6-12-18)21(25)23-17-10-7-9-16(15-17)20(24)22-13-8-14-26-2/h4-7,9-12,15,19H,3,8,13-14H2,1-2H3,(H,22,24)(H,23,25). The van der Waals surface area contributed by atoms with Crippen LogP contribution in [0.5, 0.6) is 5.75 Å². The molecule has 2 N–H and O–H groups in total. The second kappa shape index (κ2) is 11.0. The molecule has 0 aliphatic carbocycles. The average molecular weight is 370 g/mol. The molecule has 0 aliphatic rings. The largest absolute Gasteiger partial charge is 0.481 e. The Kier molecular flexibility index (Phi) is 8.32. The van der Waals surface area contributed by atoms with Gasteiger partial charge in [-0.15, -0.1) is 0 Å². The Hall–Kier alpha value is -2.86. The van der Waals surface area contributed by atoms with Crippen molar-refractivity contribution in [1.82, 2.24) is 5.32 Å². The molecule has 2 amide bonds. The van der Waals surface area contributed by atoms with Crippen LogP contribution in [0.25, 0.3) is 0 Å². The molecule has 6 heteroatoms. The van der Waals surface area contributed by atoms with Crippen LogP contribution < -0.4 is 15.4 Å². The summed E-state index contributed by atoms with van der Waals surface area (Å²) in [5, 5.41) is 5.65. The van der Waals surface area contributed by atoms with Crippen LogP contribution in [0, 0.1) is 0 Å². The second-order valence-corrected chi connectivity index (χ2v) is 6.00. The molecule has 0 aliphatic heterocycles. The first kappa shape index (κ1) is 20.5. The van der Waals surface area contributed by atoms with Crippen LogP contribution in [0.1, 0.15) is 30.1 Å². The van der Waals surface area contributed by atoms with Gasteiger partial charge in [-0.2, -0.15) is 0 Å². The summed E-state index contributed by atoms with van der Waals surface area (Å²) in [7, 11) is 1.62. The molecule has 1 atom stereocenters. The highest BCUT2D eigenvalue weighted by Crippen LogP contribution is 2.15. The van der Waals surface area contributed by atoms with Gasteiger partial charge in [0.05, 0.1) is 0 Å². The number of hydrogen-bond acceptors (Lipinski definition) is 4. The van der Waals surface area contributed by atoms with Crippen molar-refractivity contribution < 1.29 is 19.1 Å². The smallest absolute Gasteiger partial charge is 0.265 e. The van der Waals surface area contributed by atoms with Crippen molar-refractivity contribution in [1.29, 1.82) is 0 Å². The highest BCUT2D eigenvalue weighted by Gasteiger charge is 2.19. The molecular weight excluding hydrogens is 344 g/mol. The fourth-order valence-corrected chi connectivity index (χ4v) is 2.47. The van der Waals surface area contributed by atoms with Gasteiger partial charge in [0.25, 0.3) is 11.8 Å². The number of hydrogen-bond donors (Lipinski definition) is 2. The lowest BCUT2D eigenvalue weighted by atomic mass is 10.1. The van der Waals surface area contributed by atoms with Gasteiger partial charge in [-0.05, 0) is 43.2 Å². The molecule has 0 saturated carbocycles. The lowest BCUT2D eigenvalue weighted by Crippen LogP contribution is -2.32. The predicted octanol–water partition coefficient (Wildman–Crippen LogP) is 3.25. The maximum Gasteiger partial charge on any atom is 0.265 e. The molecule has 27 heavy (non-hydrogen) atoms. The average Bonchev–Trinajstić information content (AvgIpc) is 2.70. The summed E-state index contributed by atoms with van der Waals surface area (Å²) in [5.74, 6) is 0.206. The SMILES string of the molecule is CCC(Oc1ccccc1)C(=O)Nc1cccc(C(=O)NCCCOC)c1. The van der Waals surface area contributed by atoms with Gasteiger partial charge in [-0.3, -0.25) is 9.59 Å². The van der Waals surface area contributed by atoms with E-state index >= 15 is 0 Å². The Morgan fingerprint density at radius 2 is 1.85 bits per heavy atom. The molecule has 0 radical (unpaired) electrons. The summed E-state index contributed by atoms with van der Waals surface area (Å²) in [5.41, 5.74) is 1.04. The van der Waals surface area contributed by atoms with E-state index in [0.29, 0.717) is 36.6 Å². The molecular formula is C21H26N2O4. The van der Waals surface area contributed by atoms with Crippen molar-refractivity contribution in [2.75, 3.05) is 25.6 Å². The molecule has 0 fully saturated rings. The van der Waals surface area contributed by atoms with Gasteiger partial charge in [0, 0.05) is 31.5 Å². The van der Waals surface area contributed by atoms with Crippen LogP contribution in [0.4, 0.5) is 5.69 Å². The van der Waals surface area contributed by atoms with E-state index in [4.69, 9.17) is 9.47 Å². The lowest BCUT2D eigenvalue weighted by molar-refractivity contribution is -0.122. The topological polar surface area (TPSA) is 76.7 Å². The Labute approximate surface area is 159 Å². The molecule has 144 valence electrons. The van der Waals surface area contributed by atoms with Crippen LogP contribution in [0.3, 0.4) is 0 Å². The highest BCUT2D eigenvalue weighted by atomic mass is 16.5. The molecule has 2 aromatic rings. The Balaban J connectivity index is 1.95. The summed E-state index contributed by atoms with van der Waals surface area (Å²) >= 11 is 0. The van der Waals surface area contributed by atoms with Gasteiger partial charge in [-0.1, -0.05) is 31.2 Å². The molecule has 6 nitrogen and oxygen atoms in total. The molecule has 0 saturated heterocycles. The fraction of sp³-hybridized carbons (Fsp3) is 0.333. The zero-order valence-electron chi connectivity index (χ0n) is 15.7. The van der Waals surface area contributed by atoms with E-state index in [9.17, 15) is 9.59 Å². The van der Waals surface area contributed by atoms with E-state index in [0.717, 1.165) is 6.42 Å². The third-order valence-electron chi connectivity index (χ3n) is 3.89. The number of ether oxygens (including phenoxy) is 2. The highest BCUT2D eigenvalue weighted by molar-refractivity contribution is 5.98. The summed E-state index contributed by atoms with van der Waals surface area (Å²) in [6, 6.07) is 16.1. The van der Waals surface area contributed by atoms with Crippen LogP contribution in [-0.2, 0) is 9.53 Å². The molecule has 1 unspecified atom stereocenters. The van der Waals surface area contributed by atoms with Gasteiger partial charge in [-0.25, -0.2) is 0 Å². The first-order chi connectivity index (χ1) is 13.1. The monoisotopic (exact) mass is 370 g/mol. The molecule has 0 aromatic heterocycles. The quantitative estimate of drug-likeness (QED) is 0.630. The number of rotatable bonds is 10. The first-order valence-electron chi connectivity index (χ1n) is 9.03. The summed E-state index contributed by atoms with van der Waals surface area (Å²) < 4.78 is 10.7. The molecule has 2 aromatic carbocycles. The van der Waals surface area contributed by atoms with Crippen molar-refractivity contribution in [3.63, 3.8) is 0 Å². The van der Waals surface area contributed by atoms with E-state index in [2.05, 4.69) is 10.6 Å². The van der Waals surface area contributed by atoms with Gasteiger partial charge in [0.2, 0.25) is 0 Å². The number of carbonyl (C=O) groups excluding carboxylic acids is 2. The van der Waals surface area contributed by atoms with Gasteiger partial charge in [0.1, 0.15) is 5.75 Å². The van der Waals surface area contributed by atoms with Crippen LogP contribution in [0.2, 0.25) is 0 Å². The summed E-state index contributed by atoms with van der Waals surface area (Å²) in [6.45, 7) is 3.01. The fourth-order valence-electron chi connectivity index (χ4n) is 2.47. The van der Waals surface area contributed by atoms with E-state index < -0.39 is 6.10 Å². The maximum absolute atomic E-state index is 12.5. The Morgan fingerprint density at radius 3 is 2.56 bits per heavy atom. The zero-order valence-corrected chi connectivity index (χ0v) is 15.7. The van der Waals surface area contributed by atoms with E-state index in [1.165, 1.54) is 0 Å². The lowest BCUT2D eigenvalue weighted by Gasteiger charge is -2.17. The first-order valence-corrected chi connectivity index (χ1v) is 9.03. The van der Waals surface area contributed by atoms with Crippen LogP contribution in [0.15, 0.2) is 54.6 Å². The number of nitrogens with one attached hydrogen (secondary N) is 2. The number of benzene rings is 2. The summed E-state index contributed by atoms with van der Waals surface area (Å²) in [4.78, 5) is 24.7. The van der Waals surface area contributed by atoms with Crippen LogP contribution in [-0.4, -0.2) is 38.2 Å². The van der Waals surface area contributed by atoms with E-state index in [1.54, 1.807) is 31.4 Å². The Bertz CT molecular complexity index is 734. The van der Waals surface area contributed by atoms with Crippen molar-refractivity contribution in [3.05, 3.63) is 60.2 Å². The minimum absolute atomic E-state index is 0.185. The molecule has 2 rings (SSSR count). The number of anilines is 1. The van der Waals surface area contributed by atoms with Crippen molar-refractivity contribution >= 4 is 17.5 Å². The molecule has 0 heterocycles. The normalized spacial score (nSPS) is 11.5. The van der Waals surface area contributed by atoms with Crippen molar-refractivity contribution in [2.45, 2.75) is 25.9 Å². The zero-order chi connectivity index (χ0) is 19.5. The number of methoxy groups -OCH3 is 1. The number of para-hydroxylation sites is 1.